The van der Waals surface area contributed by atoms with Crippen LogP contribution in [0.2, 0.25) is 0 Å². The van der Waals surface area contributed by atoms with Crippen LogP contribution in [0, 0.1) is 0 Å². The van der Waals surface area contributed by atoms with Gasteiger partial charge < -0.3 is 9.52 Å². The normalized spacial score (nSPS) is 11.7. The van der Waals surface area contributed by atoms with Crippen LogP contribution in [0.3, 0.4) is 0 Å². The molecule has 0 amide bonds. The van der Waals surface area contributed by atoms with E-state index < -0.39 is 10.0 Å². The molecule has 0 bridgehead atoms. The zero-order valence-corrected chi connectivity index (χ0v) is 12.2. The highest BCUT2D eigenvalue weighted by Crippen LogP contribution is 2.24. The maximum atomic E-state index is 11.3. The van der Waals surface area contributed by atoms with Gasteiger partial charge in [0.25, 0.3) is 0 Å². The molecule has 0 atom stereocenters. The Kier molecular flexibility index (Phi) is 3.57. The van der Waals surface area contributed by atoms with E-state index in [1.807, 2.05) is 0 Å². The van der Waals surface area contributed by atoms with Crippen LogP contribution in [0.15, 0.2) is 58.1 Å². The molecule has 0 radical (unpaired) electrons. The SMILES string of the molecule is NS(=O)(=O)c1ccc(-n2ccnc2-c2ccc(CO)o2)cc1. The third kappa shape index (κ3) is 2.67. The van der Waals surface area contributed by atoms with Crippen molar-refractivity contribution in [1.29, 1.82) is 0 Å². The number of hydrogen-bond acceptors (Lipinski definition) is 5. The van der Waals surface area contributed by atoms with Gasteiger partial charge in [0.1, 0.15) is 12.4 Å². The molecular formula is C14H13N3O4S. The van der Waals surface area contributed by atoms with Gasteiger partial charge in [-0.25, -0.2) is 18.5 Å². The number of benzene rings is 1. The fourth-order valence-corrected chi connectivity index (χ4v) is 2.59. The van der Waals surface area contributed by atoms with Gasteiger partial charge in [-0.05, 0) is 36.4 Å². The van der Waals surface area contributed by atoms with Crippen molar-refractivity contribution >= 4 is 10.0 Å². The number of sulfonamides is 1. The molecule has 114 valence electrons. The van der Waals surface area contributed by atoms with Crippen molar-refractivity contribution < 1.29 is 17.9 Å². The van der Waals surface area contributed by atoms with Crippen LogP contribution >= 0.6 is 0 Å². The monoisotopic (exact) mass is 319 g/mol. The molecule has 22 heavy (non-hydrogen) atoms. The summed E-state index contributed by atoms with van der Waals surface area (Å²) in [4.78, 5) is 4.27. The molecule has 0 saturated carbocycles. The minimum Gasteiger partial charge on any atom is -0.455 e. The van der Waals surface area contributed by atoms with E-state index in [-0.39, 0.29) is 11.5 Å². The molecule has 7 nitrogen and oxygen atoms in total. The highest BCUT2D eigenvalue weighted by atomic mass is 32.2. The number of rotatable bonds is 4. The zero-order chi connectivity index (χ0) is 15.7. The molecule has 0 aliphatic rings. The minimum atomic E-state index is -3.72. The lowest BCUT2D eigenvalue weighted by molar-refractivity contribution is 0.248. The van der Waals surface area contributed by atoms with Crippen LogP contribution < -0.4 is 5.14 Å². The summed E-state index contributed by atoms with van der Waals surface area (Å²) in [5.74, 6) is 1.49. The fourth-order valence-electron chi connectivity index (χ4n) is 2.07. The lowest BCUT2D eigenvalue weighted by Crippen LogP contribution is -2.12. The second kappa shape index (κ2) is 5.41. The number of primary sulfonamides is 1. The van der Waals surface area contributed by atoms with Gasteiger partial charge in [0.15, 0.2) is 11.6 Å². The van der Waals surface area contributed by atoms with Gasteiger partial charge in [-0.15, -0.1) is 0 Å². The van der Waals surface area contributed by atoms with Crippen molar-refractivity contribution in [2.45, 2.75) is 11.5 Å². The maximum Gasteiger partial charge on any atom is 0.238 e. The van der Waals surface area contributed by atoms with Gasteiger partial charge in [-0.2, -0.15) is 0 Å². The smallest absolute Gasteiger partial charge is 0.238 e. The molecular weight excluding hydrogens is 306 g/mol. The third-order valence-corrected chi connectivity index (χ3v) is 4.05. The van der Waals surface area contributed by atoms with E-state index in [0.717, 1.165) is 0 Å². The summed E-state index contributed by atoms with van der Waals surface area (Å²) in [7, 11) is -3.72. The van der Waals surface area contributed by atoms with Gasteiger partial charge >= 0.3 is 0 Å². The Morgan fingerprint density at radius 2 is 1.91 bits per heavy atom. The predicted molar refractivity (Wildman–Crippen MR) is 78.6 cm³/mol. The van der Waals surface area contributed by atoms with Crippen LogP contribution in [0.5, 0.6) is 0 Å². The van der Waals surface area contributed by atoms with Crippen molar-refractivity contribution in [3.63, 3.8) is 0 Å². The lowest BCUT2D eigenvalue weighted by Gasteiger charge is -2.07. The first-order valence-corrected chi connectivity index (χ1v) is 7.90. The number of nitrogens with zero attached hydrogens (tertiary/aromatic N) is 2. The Bertz CT molecular complexity index is 894. The van der Waals surface area contributed by atoms with E-state index in [9.17, 15) is 8.42 Å². The number of aliphatic hydroxyl groups is 1. The van der Waals surface area contributed by atoms with E-state index in [0.29, 0.717) is 23.0 Å². The highest BCUT2D eigenvalue weighted by molar-refractivity contribution is 7.89. The second-order valence-electron chi connectivity index (χ2n) is 4.58. The number of nitrogens with two attached hydrogens (primary N) is 1. The molecule has 0 fully saturated rings. The summed E-state index contributed by atoms with van der Waals surface area (Å²) in [6, 6.07) is 9.48. The Labute approximate surface area is 126 Å². The van der Waals surface area contributed by atoms with Crippen LogP contribution in [0.25, 0.3) is 17.3 Å². The minimum absolute atomic E-state index is 0.0403. The Morgan fingerprint density at radius 3 is 2.50 bits per heavy atom. The van der Waals surface area contributed by atoms with Gasteiger partial charge in [0.05, 0.1) is 4.90 Å². The van der Waals surface area contributed by atoms with Gasteiger partial charge in [0.2, 0.25) is 10.0 Å². The summed E-state index contributed by atoms with van der Waals surface area (Å²) in [6.45, 7) is -0.191. The zero-order valence-electron chi connectivity index (χ0n) is 11.4. The van der Waals surface area contributed by atoms with Gasteiger partial charge in [0, 0.05) is 18.1 Å². The topological polar surface area (TPSA) is 111 Å². The first-order chi connectivity index (χ1) is 10.5. The van der Waals surface area contributed by atoms with E-state index in [1.165, 1.54) is 12.1 Å². The maximum absolute atomic E-state index is 11.3. The molecule has 2 aromatic heterocycles. The molecule has 0 spiro atoms. The van der Waals surface area contributed by atoms with Crippen molar-refractivity contribution in [1.82, 2.24) is 9.55 Å². The quantitative estimate of drug-likeness (QED) is 0.752. The number of aliphatic hydroxyl groups excluding tert-OH is 1. The van der Waals surface area contributed by atoms with Crippen molar-refractivity contribution in [2.75, 3.05) is 0 Å². The summed E-state index contributed by atoms with van der Waals surface area (Å²) in [5.41, 5.74) is 0.710. The van der Waals surface area contributed by atoms with Crippen molar-refractivity contribution in [3.05, 3.63) is 54.6 Å². The molecule has 3 N–H and O–H groups in total. The van der Waals surface area contributed by atoms with Crippen LogP contribution in [0.4, 0.5) is 0 Å². The molecule has 3 rings (SSSR count). The Hall–Kier alpha value is -2.42. The van der Waals surface area contributed by atoms with Crippen LogP contribution in [-0.2, 0) is 16.6 Å². The molecule has 0 aliphatic carbocycles. The first kappa shape index (κ1) is 14.5. The third-order valence-electron chi connectivity index (χ3n) is 3.12. The van der Waals surface area contributed by atoms with Gasteiger partial charge in [-0.3, -0.25) is 4.57 Å². The second-order valence-corrected chi connectivity index (χ2v) is 6.15. The highest BCUT2D eigenvalue weighted by Gasteiger charge is 2.13. The largest absolute Gasteiger partial charge is 0.455 e. The van der Waals surface area contributed by atoms with E-state index in [4.69, 9.17) is 14.7 Å². The number of aromatic nitrogens is 2. The van der Waals surface area contributed by atoms with Crippen LogP contribution in [-0.4, -0.2) is 23.1 Å². The first-order valence-electron chi connectivity index (χ1n) is 6.35. The Balaban J connectivity index is 2.01. The molecule has 2 heterocycles. The predicted octanol–water partition coefficient (Wildman–Crippen LogP) is 1.27. The number of imidazole rings is 1. The van der Waals surface area contributed by atoms with Crippen molar-refractivity contribution in [2.24, 2.45) is 5.14 Å². The molecule has 3 aromatic rings. The lowest BCUT2D eigenvalue weighted by atomic mass is 10.3. The molecule has 1 aromatic carbocycles. The summed E-state index contributed by atoms with van der Waals surface area (Å²) in [6.07, 6.45) is 3.33. The summed E-state index contributed by atoms with van der Waals surface area (Å²) < 4.78 is 29.8. The van der Waals surface area contributed by atoms with E-state index in [1.54, 1.807) is 41.2 Å². The fraction of sp³-hybridized carbons (Fsp3) is 0.0714. The number of furan rings is 1. The molecule has 0 saturated heterocycles. The van der Waals surface area contributed by atoms with Crippen molar-refractivity contribution in [3.8, 4) is 17.3 Å². The average Bonchev–Trinajstić information content (AvgIpc) is 3.15. The Morgan fingerprint density at radius 1 is 1.18 bits per heavy atom. The van der Waals surface area contributed by atoms with Crippen LogP contribution in [0.1, 0.15) is 5.76 Å². The summed E-state index contributed by atoms with van der Waals surface area (Å²) >= 11 is 0. The van der Waals surface area contributed by atoms with E-state index >= 15 is 0 Å². The molecule has 0 aliphatic heterocycles. The molecule has 0 unspecified atom stereocenters. The number of hydrogen-bond donors (Lipinski definition) is 2. The summed E-state index contributed by atoms with van der Waals surface area (Å²) in [5, 5.41) is 14.1. The molecule has 8 heteroatoms. The van der Waals surface area contributed by atoms with E-state index in [2.05, 4.69) is 4.98 Å². The van der Waals surface area contributed by atoms with Gasteiger partial charge in [-0.1, -0.05) is 0 Å². The average molecular weight is 319 g/mol. The standard InChI is InChI=1S/C14H13N3O4S/c15-22(19,20)12-4-1-10(2-5-12)17-8-7-16-14(17)13-6-3-11(9-18)21-13/h1-8,18H,9H2,(H2,15,19,20).